The fourth-order valence-corrected chi connectivity index (χ4v) is 2.52. The number of hydrazine groups is 1. The Balaban J connectivity index is 2.15. The maximum absolute atomic E-state index is 5.39. The molecule has 0 aliphatic heterocycles. The monoisotopic (exact) mass is 257 g/mol. The van der Waals surface area contributed by atoms with Crippen LogP contribution in [0.4, 0.5) is 5.82 Å². The molecule has 3 N–H and O–H groups in total. The lowest BCUT2D eigenvalue weighted by Crippen LogP contribution is -2.10. The predicted molar refractivity (Wildman–Crippen MR) is 73.2 cm³/mol. The number of pyridine rings is 1. The zero-order valence-corrected chi connectivity index (χ0v) is 10.5. The first-order valence-corrected chi connectivity index (χ1v) is 6.30. The number of hydrogen-bond donors (Lipinski definition) is 2. The summed E-state index contributed by atoms with van der Waals surface area (Å²) >= 11 is 1.65. The summed E-state index contributed by atoms with van der Waals surface area (Å²) in [7, 11) is 0. The molecule has 0 bridgehead atoms. The van der Waals surface area contributed by atoms with Crippen LogP contribution >= 0.6 is 11.3 Å². The Labute approximate surface area is 108 Å². The van der Waals surface area contributed by atoms with Crippen molar-refractivity contribution in [2.75, 3.05) is 5.43 Å². The number of nitrogens with one attached hydrogen (secondary N) is 1. The molecule has 3 aromatic rings. The molecular weight excluding hydrogens is 246 g/mol. The van der Waals surface area contributed by atoms with Gasteiger partial charge in [0.1, 0.15) is 5.82 Å². The van der Waals surface area contributed by atoms with E-state index in [0.29, 0.717) is 11.6 Å². The number of rotatable bonds is 2. The van der Waals surface area contributed by atoms with Crippen LogP contribution in [-0.4, -0.2) is 15.0 Å². The maximum Gasteiger partial charge on any atom is 0.163 e. The van der Waals surface area contributed by atoms with Crippen molar-refractivity contribution in [1.29, 1.82) is 0 Å². The van der Waals surface area contributed by atoms with Crippen molar-refractivity contribution in [2.45, 2.75) is 6.92 Å². The van der Waals surface area contributed by atoms with E-state index in [4.69, 9.17) is 5.84 Å². The lowest BCUT2D eigenvalue weighted by molar-refractivity contribution is 1.09. The van der Waals surface area contributed by atoms with Gasteiger partial charge in [0.25, 0.3) is 0 Å². The molecule has 3 heterocycles. The molecule has 90 valence electrons. The Kier molecular flexibility index (Phi) is 2.66. The smallest absolute Gasteiger partial charge is 0.163 e. The Morgan fingerprint density at radius 2 is 2.17 bits per heavy atom. The SMILES string of the molecule is Cc1cc(NN)nc(-c2cnc3ccsc3c2)n1. The van der Waals surface area contributed by atoms with Crippen molar-refractivity contribution in [3.63, 3.8) is 0 Å². The minimum Gasteiger partial charge on any atom is -0.308 e. The molecule has 6 heteroatoms. The van der Waals surface area contributed by atoms with Crippen LogP contribution in [0.15, 0.2) is 29.8 Å². The second-order valence-corrected chi connectivity index (χ2v) is 4.84. The van der Waals surface area contributed by atoms with Crippen molar-refractivity contribution in [3.8, 4) is 11.4 Å². The fourth-order valence-electron chi connectivity index (χ4n) is 1.74. The number of nitrogens with two attached hydrogens (primary N) is 1. The van der Waals surface area contributed by atoms with Gasteiger partial charge in [-0.05, 0) is 24.4 Å². The summed E-state index contributed by atoms with van der Waals surface area (Å²) in [4.78, 5) is 13.1. The second kappa shape index (κ2) is 4.32. The first-order valence-electron chi connectivity index (χ1n) is 5.42. The van der Waals surface area contributed by atoms with Gasteiger partial charge in [0.15, 0.2) is 5.82 Å². The van der Waals surface area contributed by atoms with Gasteiger partial charge in [-0.15, -0.1) is 11.3 Å². The molecule has 0 atom stereocenters. The molecule has 0 aromatic carbocycles. The third-order valence-corrected chi connectivity index (χ3v) is 3.42. The van der Waals surface area contributed by atoms with Crippen molar-refractivity contribution >= 4 is 27.4 Å². The van der Waals surface area contributed by atoms with E-state index in [2.05, 4.69) is 20.4 Å². The van der Waals surface area contributed by atoms with Gasteiger partial charge in [-0.3, -0.25) is 4.98 Å². The van der Waals surface area contributed by atoms with Crippen molar-refractivity contribution in [1.82, 2.24) is 15.0 Å². The summed E-state index contributed by atoms with van der Waals surface area (Å²) in [5.41, 5.74) is 5.29. The molecule has 0 fully saturated rings. The lowest BCUT2D eigenvalue weighted by Gasteiger charge is -2.05. The van der Waals surface area contributed by atoms with Crippen LogP contribution in [0.25, 0.3) is 21.6 Å². The highest BCUT2D eigenvalue weighted by molar-refractivity contribution is 7.17. The van der Waals surface area contributed by atoms with Gasteiger partial charge in [-0.1, -0.05) is 0 Å². The average Bonchev–Trinajstić information content (AvgIpc) is 2.85. The number of nitrogen functional groups attached to an aromatic ring is 1. The number of fused-ring (bicyclic) bond motifs is 1. The van der Waals surface area contributed by atoms with Crippen LogP contribution < -0.4 is 11.3 Å². The lowest BCUT2D eigenvalue weighted by atomic mass is 10.2. The van der Waals surface area contributed by atoms with E-state index in [9.17, 15) is 0 Å². The number of anilines is 1. The van der Waals surface area contributed by atoms with E-state index in [-0.39, 0.29) is 0 Å². The minimum absolute atomic E-state index is 0.601. The maximum atomic E-state index is 5.39. The van der Waals surface area contributed by atoms with Crippen LogP contribution in [0.3, 0.4) is 0 Å². The molecule has 3 aromatic heterocycles. The molecule has 3 rings (SSSR count). The zero-order chi connectivity index (χ0) is 12.5. The summed E-state index contributed by atoms with van der Waals surface area (Å²) < 4.78 is 1.12. The van der Waals surface area contributed by atoms with E-state index in [0.717, 1.165) is 21.5 Å². The van der Waals surface area contributed by atoms with E-state index in [1.807, 2.05) is 24.4 Å². The highest BCUT2D eigenvalue weighted by Crippen LogP contribution is 2.24. The summed E-state index contributed by atoms with van der Waals surface area (Å²) in [6.07, 6.45) is 1.78. The molecule has 0 unspecified atom stereocenters. The Hall–Kier alpha value is -2.05. The minimum atomic E-state index is 0.601. The van der Waals surface area contributed by atoms with E-state index < -0.39 is 0 Å². The number of aromatic nitrogens is 3. The number of hydrogen-bond acceptors (Lipinski definition) is 6. The predicted octanol–water partition coefficient (Wildman–Crippen LogP) is 2.35. The van der Waals surface area contributed by atoms with Gasteiger partial charge in [0.2, 0.25) is 0 Å². The average molecular weight is 257 g/mol. The highest BCUT2D eigenvalue weighted by Gasteiger charge is 2.06. The Morgan fingerprint density at radius 1 is 1.28 bits per heavy atom. The van der Waals surface area contributed by atoms with Crippen LogP contribution in [0.5, 0.6) is 0 Å². The van der Waals surface area contributed by atoms with Crippen LogP contribution in [-0.2, 0) is 0 Å². The quantitative estimate of drug-likeness (QED) is 0.544. The summed E-state index contributed by atoms with van der Waals surface area (Å²) in [5, 5.41) is 2.02. The molecule has 0 radical (unpaired) electrons. The molecule has 0 amide bonds. The standard InChI is InChI=1S/C12H11N5S/c1-7-4-11(17-13)16-12(15-7)8-5-10-9(14-6-8)2-3-18-10/h2-6H,13H2,1H3,(H,15,16,17). The zero-order valence-electron chi connectivity index (χ0n) is 9.71. The van der Waals surface area contributed by atoms with Gasteiger partial charge in [0, 0.05) is 23.5 Å². The molecule has 0 saturated heterocycles. The summed E-state index contributed by atoms with van der Waals surface area (Å²) in [6.45, 7) is 1.91. The molecule has 0 saturated carbocycles. The van der Waals surface area contributed by atoms with E-state index in [1.165, 1.54) is 0 Å². The molecule has 18 heavy (non-hydrogen) atoms. The van der Waals surface area contributed by atoms with Crippen LogP contribution in [0.2, 0.25) is 0 Å². The van der Waals surface area contributed by atoms with Crippen molar-refractivity contribution in [2.24, 2.45) is 5.84 Å². The van der Waals surface area contributed by atoms with E-state index >= 15 is 0 Å². The van der Waals surface area contributed by atoms with Crippen LogP contribution in [0, 0.1) is 6.92 Å². The van der Waals surface area contributed by atoms with Crippen molar-refractivity contribution in [3.05, 3.63) is 35.5 Å². The van der Waals surface area contributed by atoms with Crippen molar-refractivity contribution < 1.29 is 0 Å². The molecule has 5 nitrogen and oxygen atoms in total. The second-order valence-electron chi connectivity index (χ2n) is 3.89. The van der Waals surface area contributed by atoms with Gasteiger partial charge in [0.05, 0.1) is 10.2 Å². The van der Waals surface area contributed by atoms with Gasteiger partial charge < -0.3 is 5.43 Å². The normalized spacial score (nSPS) is 10.8. The number of nitrogens with zero attached hydrogens (tertiary/aromatic N) is 3. The highest BCUT2D eigenvalue weighted by atomic mass is 32.1. The summed E-state index contributed by atoms with van der Waals surface area (Å²) in [5.74, 6) is 6.62. The first kappa shape index (κ1) is 11.1. The number of thiophene rings is 1. The van der Waals surface area contributed by atoms with Gasteiger partial charge in [-0.25, -0.2) is 15.8 Å². The topological polar surface area (TPSA) is 76.7 Å². The largest absolute Gasteiger partial charge is 0.308 e. The third-order valence-electron chi connectivity index (χ3n) is 2.56. The fraction of sp³-hybridized carbons (Fsp3) is 0.0833. The molecule has 0 spiro atoms. The molecule has 0 aliphatic rings. The first-order chi connectivity index (χ1) is 8.76. The van der Waals surface area contributed by atoms with E-state index in [1.54, 1.807) is 23.6 Å². The number of aryl methyl sites for hydroxylation is 1. The van der Waals surface area contributed by atoms with Gasteiger partial charge in [-0.2, -0.15) is 0 Å². The summed E-state index contributed by atoms with van der Waals surface area (Å²) in [6, 6.07) is 5.83. The Morgan fingerprint density at radius 3 is 3.00 bits per heavy atom. The molecular formula is C12H11N5S. The van der Waals surface area contributed by atoms with Gasteiger partial charge >= 0.3 is 0 Å². The molecule has 0 aliphatic carbocycles. The Bertz CT molecular complexity index is 707. The van der Waals surface area contributed by atoms with Crippen LogP contribution in [0.1, 0.15) is 5.69 Å². The third kappa shape index (κ3) is 1.92.